The zero-order valence-corrected chi connectivity index (χ0v) is 13.1. The monoisotopic (exact) mass is 332 g/mol. The number of aromatic carboxylic acids is 1. The van der Waals surface area contributed by atoms with E-state index in [-0.39, 0.29) is 23.3 Å². The normalized spacial score (nSPS) is 11.0. The van der Waals surface area contributed by atoms with Crippen LogP contribution in [0.5, 0.6) is 0 Å². The summed E-state index contributed by atoms with van der Waals surface area (Å²) >= 11 is 1.14. The van der Waals surface area contributed by atoms with Gasteiger partial charge in [-0.3, -0.25) is 9.36 Å². The molecule has 0 aliphatic carbocycles. The van der Waals surface area contributed by atoms with Crippen LogP contribution in [0.3, 0.4) is 0 Å². The van der Waals surface area contributed by atoms with Crippen molar-refractivity contribution in [2.24, 2.45) is 0 Å². The largest absolute Gasteiger partial charge is 0.478 e. The smallest absolute Gasteiger partial charge is 0.337 e. The lowest BCUT2D eigenvalue weighted by Crippen LogP contribution is -2.26. The number of carboxylic acids is 1. The van der Waals surface area contributed by atoms with Crippen LogP contribution in [-0.2, 0) is 13.0 Å². The average molecular weight is 332 g/mol. The molecule has 5 nitrogen and oxygen atoms in total. The van der Waals surface area contributed by atoms with Gasteiger partial charge >= 0.3 is 5.97 Å². The molecule has 1 N–H and O–H groups in total. The number of aryl methyl sites for hydroxylation is 1. The molecule has 2 aromatic heterocycles. The first kappa shape index (κ1) is 15.4. The highest BCUT2D eigenvalue weighted by atomic mass is 32.1. The van der Waals surface area contributed by atoms with Crippen molar-refractivity contribution in [3.8, 4) is 0 Å². The number of thiophene rings is 1. The summed E-state index contributed by atoms with van der Waals surface area (Å²) in [7, 11) is 0. The minimum atomic E-state index is -1.16. The summed E-state index contributed by atoms with van der Waals surface area (Å²) in [4.78, 5) is 28.9. The number of fused-ring (bicyclic) bond motifs is 1. The molecule has 2 heterocycles. The van der Waals surface area contributed by atoms with E-state index in [9.17, 15) is 19.1 Å². The van der Waals surface area contributed by atoms with Gasteiger partial charge in [-0.15, -0.1) is 11.3 Å². The molecule has 0 unspecified atom stereocenters. The molecule has 1 aromatic carbocycles. The molecule has 0 fully saturated rings. The van der Waals surface area contributed by atoms with E-state index in [0.29, 0.717) is 22.6 Å². The third-order valence-corrected chi connectivity index (χ3v) is 4.42. The van der Waals surface area contributed by atoms with Crippen molar-refractivity contribution in [3.05, 3.63) is 62.8 Å². The molecule has 3 aromatic rings. The zero-order valence-electron chi connectivity index (χ0n) is 12.2. The Morgan fingerprint density at radius 3 is 2.87 bits per heavy atom. The minimum Gasteiger partial charge on any atom is -0.478 e. The number of rotatable bonds is 4. The van der Waals surface area contributed by atoms with Crippen molar-refractivity contribution >= 4 is 27.5 Å². The number of benzene rings is 1. The van der Waals surface area contributed by atoms with E-state index in [4.69, 9.17) is 0 Å². The molecule has 0 bridgehead atoms. The Bertz CT molecular complexity index is 962. The van der Waals surface area contributed by atoms with Crippen LogP contribution in [-0.4, -0.2) is 20.6 Å². The lowest BCUT2D eigenvalue weighted by Gasteiger charge is -2.11. The molecule has 118 valence electrons. The maximum absolute atomic E-state index is 13.3. The van der Waals surface area contributed by atoms with Gasteiger partial charge in [-0.2, -0.15) is 0 Å². The number of hydrogen-bond acceptors (Lipinski definition) is 4. The Labute approximate surface area is 134 Å². The van der Waals surface area contributed by atoms with Crippen molar-refractivity contribution in [1.29, 1.82) is 0 Å². The third-order valence-electron chi connectivity index (χ3n) is 3.55. The third kappa shape index (κ3) is 2.75. The second kappa shape index (κ2) is 5.92. The lowest BCUT2D eigenvalue weighted by molar-refractivity contribution is 0.0699. The van der Waals surface area contributed by atoms with Gasteiger partial charge in [-0.05, 0) is 17.7 Å². The molecule has 0 saturated heterocycles. The average Bonchev–Trinajstić information content (AvgIpc) is 2.94. The summed E-state index contributed by atoms with van der Waals surface area (Å²) in [6, 6.07) is 5.96. The summed E-state index contributed by atoms with van der Waals surface area (Å²) in [6.07, 6.45) is 0.515. The molecule has 0 aliphatic heterocycles. The second-order valence-corrected chi connectivity index (χ2v) is 5.90. The Morgan fingerprint density at radius 2 is 2.22 bits per heavy atom. The van der Waals surface area contributed by atoms with Gasteiger partial charge in [-0.25, -0.2) is 14.2 Å². The van der Waals surface area contributed by atoms with E-state index >= 15 is 0 Å². The lowest BCUT2D eigenvalue weighted by atomic mass is 10.2. The summed E-state index contributed by atoms with van der Waals surface area (Å²) in [5.41, 5.74) is 0.169. The van der Waals surface area contributed by atoms with Gasteiger partial charge in [0.05, 0.1) is 17.5 Å². The van der Waals surface area contributed by atoms with Gasteiger partial charge in [0, 0.05) is 11.8 Å². The van der Waals surface area contributed by atoms with Crippen LogP contribution in [0.4, 0.5) is 4.39 Å². The second-order valence-electron chi connectivity index (χ2n) is 5.04. The van der Waals surface area contributed by atoms with Crippen LogP contribution in [0.15, 0.2) is 34.4 Å². The standard InChI is InChI=1S/C16H13FN2O3S/c1-2-12-18-14-13(11(8-23-14)16(21)22)15(20)19(12)7-9-4-3-5-10(17)6-9/h3-6,8H,2,7H2,1H3,(H,21,22). The first-order valence-electron chi connectivity index (χ1n) is 7.00. The van der Waals surface area contributed by atoms with E-state index in [2.05, 4.69) is 4.98 Å². The highest BCUT2D eigenvalue weighted by Crippen LogP contribution is 2.22. The number of hydrogen-bond donors (Lipinski definition) is 1. The maximum Gasteiger partial charge on any atom is 0.337 e. The SMILES string of the molecule is CCc1nc2scc(C(=O)O)c2c(=O)n1Cc1cccc(F)c1. The van der Waals surface area contributed by atoms with E-state index in [1.54, 1.807) is 12.1 Å². The number of aromatic nitrogens is 2. The van der Waals surface area contributed by atoms with E-state index < -0.39 is 11.5 Å². The Morgan fingerprint density at radius 1 is 1.43 bits per heavy atom. The summed E-state index contributed by atoms with van der Waals surface area (Å²) in [5.74, 6) is -0.994. The summed E-state index contributed by atoms with van der Waals surface area (Å²) in [6.45, 7) is 2.01. The molecule has 0 saturated carbocycles. The number of carbonyl (C=O) groups is 1. The summed E-state index contributed by atoms with van der Waals surface area (Å²) < 4.78 is 14.8. The van der Waals surface area contributed by atoms with Gasteiger partial charge < -0.3 is 5.11 Å². The highest BCUT2D eigenvalue weighted by Gasteiger charge is 2.19. The number of halogens is 1. The fourth-order valence-corrected chi connectivity index (χ4v) is 3.40. The molecule has 0 amide bonds. The molecule has 23 heavy (non-hydrogen) atoms. The van der Waals surface area contributed by atoms with Gasteiger partial charge in [0.15, 0.2) is 0 Å². The van der Waals surface area contributed by atoms with Crippen LogP contribution in [0, 0.1) is 5.82 Å². The predicted molar refractivity (Wildman–Crippen MR) is 85.7 cm³/mol. The molecule has 3 rings (SSSR count). The van der Waals surface area contributed by atoms with Crippen LogP contribution in [0.2, 0.25) is 0 Å². The minimum absolute atomic E-state index is 0.0434. The molecule has 0 atom stereocenters. The summed E-state index contributed by atoms with van der Waals surface area (Å²) in [5, 5.41) is 10.8. The molecule has 0 aliphatic rings. The quantitative estimate of drug-likeness (QED) is 0.797. The Balaban J connectivity index is 2.22. The van der Waals surface area contributed by atoms with E-state index in [0.717, 1.165) is 11.3 Å². The molecule has 0 spiro atoms. The maximum atomic E-state index is 13.3. The van der Waals surface area contributed by atoms with Crippen molar-refractivity contribution in [3.63, 3.8) is 0 Å². The highest BCUT2D eigenvalue weighted by molar-refractivity contribution is 7.17. The van der Waals surface area contributed by atoms with Crippen molar-refractivity contribution < 1.29 is 14.3 Å². The predicted octanol–water partition coefficient (Wildman–Crippen LogP) is 2.91. The first-order chi connectivity index (χ1) is 11.0. The van der Waals surface area contributed by atoms with Gasteiger partial charge in [-0.1, -0.05) is 19.1 Å². The van der Waals surface area contributed by atoms with Gasteiger partial charge in [0.25, 0.3) is 5.56 Å². The number of carboxylic acid groups (broad SMARTS) is 1. The van der Waals surface area contributed by atoms with Crippen molar-refractivity contribution in [2.75, 3.05) is 0 Å². The topological polar surface area (TPSA) is 72.2 Å². The van der Waals surface area contributed by atoms with Gasteiger partial charge in [0.1, 0.15) is 16.5 Å². The van der Waals surface area contributed by atoms with Crippen molar-refractivity contribution in [2.45, 2.75) is 19.9 Å². The molecular formula is C16H13FN2O3S. The fraction of sp³-hybridized carbons (Fsp3) is 0.188. The molecule has 7 heteroatoms. The first-order valence-corrected chi connectivity index (χ1v) is 7.88. The van der Waals surface area contributed by atoms with Crippen LogP contribution >= 0.6 is 11.3 Å². The fourth-order valence-electron chi connectivity index (χ4n) is 2.47. The molecular weight excluding hydrogens is 319 g/mol. The van der Waals surface area contributed by atoms with E-state index in [1.165, 1.54) is 22.1 Å². The van der Waals surface area contributed by atoms with Gasteiger partial charge in [0.2, 0.25) is 0 Å². The number of nitrogens with zero attached hydrogens (tertiary/aromatic N) is 2. The Kier molecular flexibility index (Phi) is 3.96. The Hall–Kier alpha value is -2.54. The van der Waals surface area contributed by atoms with E-state index in [1.807, 2.05) is 6.92 Å². The van der Waals surface area contributed by atoms with Crippen molar-refractivity contribution in [1.82, 2.24) is 9.55 Å². The molecule has 0 radical (unpaired) electrons. The van der Waals surface area contributed by atoms with Crippen LogP contribution < -0.4 is 5.56 Å². The van der Waals surface area contributed by atoms with Crippen LogP contribution in [0.1, 0.15) is 28.7 Å². The van der Waals surface area contributed by atoms with Crippen LogP contribution in [0.25, 0.3) is 10.2 Å². The zero-order chi connectivity index (χ0) is 16.6.